The summed E-state index contributed by atoms with van der Waals surface area (Å²) in [6, 6.07) is 13.3. The van der Waals surface area contributed by atoms with Crippen LogP contribution in [0.15, 0.2) is 48.5 Å². The van der Waals surface area contributed by atoms with Gasteiger partial charge in [-0.15, -0.1) is 10.2 Å². The molecule has 8 heteroatoms. The second-order valence-electron chi connectivity index (χ2n) is 6.40. The molecule has 1 N–H and O–H groups in total. The van der Waals surface area contributed by atoms with Crippen molar-refractivity contribution in [2.45, 2.75) is 20.4 Å². The summed E-state index contributed by atoms with van der Waals surface area (Å²) in [6.07, 6.45) is 0. The zero-order chi connectivity index (χ0) is 19.2. The highest BCUT2D eigenvalue weighted by atomic mass is 19.1. The van der Waals surface area contributed by atoms with Crippen LogP contribution in [0.2, 0.25) is 0 Å². The lowest BCUT2D eigenvalue weighted by molar-refractivity contribution is -0.117. The standard InChI is InChI=1S/C19H20FN5O2/c1-13(2)12-27-15-9-7-14(8-10-15)19-22-24-25(23-19)11-18(26)21-17-6-4-3-5-16(17)20/h3-10,13H,11-12H2,1-2H3,(H,21,26). The number of hydrogen-bond acceptors (Lipinski definition) is 5. The van der Waals surface area contributed by atoms with Crippen LogP contribution in [0, 0.1) is 11.7 Å². The highest BCUT2D eigenvalue weighted by Crippen LogP contribution is 2.19. The highest BCUT2D eigenvalue weighted by molar-refractivity contribution is 5.90. The van der Waals surface area contributed by atoms with Gasteiger partial charge in [0.05, 0.1) is 12.3 Å². The van der Waals surface area contributed by atoms with Crippen molar-refractivity contribution in [1.29, 1.82) is 0 Å². The molecule has 0 fully saturated rings. The van der Waals surface area contributed by atoms with E-state index in [1.54, 1.807) is 12.1 Å². The summed E-state index contributed by atoms with van der Waals surface area (Å²) in [5.41, 5.74) is 0.868. The van der Waals surface area contributed by atoms with E-state index in [0.29, 0.717) is 18.3 Å². The molecule has 0 aliphatic rings. The molecule has 3 rings (SSSR count). The SMILES string of the molecule is CC(C)COc1ccc(-c2nnn(CC(=O)Nc3ccccc3F)n2)cc1. The summed E-state index contributed by atoms with van der Waals surface area (Å²) in [7, 11) is 0. The number of tetrazole rings is 1. The van der Waals surface area contributed by atoms with Crippen molar-refractivity contribution in [2.75, 3.05) is 11.9 Å². The molecule has 1 heterocycles. The van der Waals surface area contributed by atoms with Gasteiger partial charge < -0.3 is 10.1 Å². The molecule has 0 atom stereocenters. The third-order valence-corrected chi connectivity index (χ3v) is 3.58. The molecule has 27 heavy (non-hydrogen) atoms. The van der Waals surface area contributed by atoms with Gasteiger partial charge in [0, 0.05) is 5.56 Å². The van der Waals surface area contributed by atoms with Crippen molar-refractivity contribution in [2.24, 2.45) is 5.92 Å². The zero-order valence-electron chi connectivity index (χ0n) is 15.1. The fraction of sp³-hybridized carbons (Fsp3) is 0.263. The Labute approximate surface area is 156 Å². The predicted octanol–water partition coefficient (Wildman–Crippen LogP) is 3.15. The number of anilines is 1. The Hall–Kier alpha value is -3.29. The number of amides is 1. The Morgan fingerprint density at radius 1 is 1.19 bits per heavy atom. The number of aromatic nitrogens is 4. The summed E-state index contributed by atoms with van der Waals surface area (Å²) in [5.74, 6) is 0.661. The number of nitrogens with one attached hydrogen (secondary N) is 1. The van der Waals surface area contributed by atoms with Crippen LogP contribution in [0.3, 0.4) is 0 Å². The number of nitrogens with zero attached hydrogens (tertiary/aromatic N) is 4. The molecule has 3 aromatic rings. The lowest BCUT2D eigenvalue weighted by Gasteiger charge is -2.08. The Morgan fingerprint density at radius 3 is 2.63 bits per heavy atom. The minimum Gasteiger partial charge on any atom is -0.493 e. The Morgan fingerprint density at radius 2 is 1.93 bits per heavy atom. The third kappa shape index (κ3) is 5.10. The molecule has 0 bridgehead atoms. The molecule has 140 valence electrons. The first-order chi connectivity index (χ1) is 13.0. The van der Waals surface area contributed by atoms with E-state index in [2.05, 4.69) is 34.6 Å². The second kappa shape index (κ2) is 8.39. The molecular formula is C19H20FN5O2. The maximum absolute atomic E-state index is 13.6. The van der Waals surface area contributed by atoms with Crippen LogP contribution in [-0.2, 0) is 11.3 Å². The number of carbonyl (C=O) groups is 1. The topological polar surface area (TPSA) is 81.9 Å². The minimum absolute atomic E-state index is 0.111. The van der Waals surface area contributed by atoms with Crippen LogP contribution < -0.4 is 10.1 Å². The van der Waals surface area contributed by atoms with Crippen LogP contribution in [0.5, 0.6) is 5.75 Å². The molecule has 0 spiro atoms. The van der Waals surface area contributed by atoms with Crippen molar-refractivity contribution < 1.29 is 13.9 Å². The molecule has 0 radical (unpaired) electrons. The van der Waals surface area contributed by atoms with Crippen molar-refractivity contribution in [1.82, 2.24) is 20.2 Å². The second-order valence-corrected chi connectivity index (χ2v) is 6.40. The van der Waals surface area contributed by atoms with Crippen LogP contribution in [0.4, 0.5) is 10.1 Å². The first-order valence-electron chi connectivity index (χ1n) is 8.56. The number of para-hydroxylation sites is 1. The van der Waals surface area contributed by atoms with E-state index in [-0.39, 0.29) is 12.2 Å². The highest BCUT2D eigenvalue weighted by Gasteiger charge is 2.11. The maximum Gasteiger partial charge on any atom is 0.248 e. The van der Waals surface area contributed by atoms with Gasteiger partial charge in [0.1, 0.15) is 18.1 Å². The van der Waals surface area contributed by atoms with E-state index in [1.165, 1.54) is 12.1 Å². The molecule has 0 unspecified atom stereocenters. The van der Waals surface area contributed by atoms with Crippen molar-refractivity contribution in [3.8, 4) is 17.1 Å². The van der Waals surface area contributed by atoms with Gasteiger partial charge in [0.2, 0.25) is 11.7 Å². The van der Waals surface area contributed by atoms with Crippen LogP contribution in [-0.4, -0.2) is 32.7 Å². The number of carbonyl (C=O) groups excluding carboxylic acids is 1. The smallest absolute Gasteiger partial charge is 0.248 e. The molecule has 0 saturated carbocycles. The van der Waals surface area contributed by atoms with Crippen molar-refractivity contribution in [3.63, 3.8) is 0 Å². The van der Waals surface area contributed by atoms with Gasteiger partial charge in [-0.25, -0.2) is 4.39 Å². The lowest BCUT2D eigenvalue weighted by Crippen LogP contribution is -2.21. The third-order valence-electron chi connectivity index (χ3n) is 3.58. The van der Waals surface area contributed by atoms with E-state index in [4.69, 9.17) is 4.74 Å². The maximum atomic E-state index is 13.6. The van der Waals surface area contributed by atoms with Gasteiger partial charge in [-0.3, -0.25) is 4.79 Å². The molecule has 0 aliphatic heterocycles. The van der Waals surface area contributed by atoms with Crippen LogP contribution in [0.1, 0.15) is 13.8 Å². The van der Waals surface area contributed by atoms with Gasteiger partial charge in [0.15, 0.2) is 0 Å². The number of benzene rings is 2. The van der Waals surface area contributed by atoms with E-state index in [9.17, 15) is 9.18 Å². The normalized spacial score (nSPS) is 10.8. The number of halogens is 1. The summed E-state index contributed by atoms with van der Waals surface area (Å²) in [6.45, 7) is 4.64. The van der Waals surface area contributed by atoms with Crippen molar-refractivity contribution in [3.05, 3.63) is 54.3 Å². The quantitative estimate of drug-likeness (QED) is 0.692. The van der Waals surface area contributed by atoms with Gasteiger partial charge in [-0.1, -0.05) is 26.0 Å². The number of ether oxygens (including phenoxy) is 1. The first kappa shape index (κ1) is 18.5. The Bertz CT molecular complexity index is 908. The van der Waals surface area contributed by atoms with Gasteiger partial charge in [-0.05, 0) is 47.5 Å². The zero-order valence-corrected chi connectivity index (χ0v) is 15.1. The first-order valence-corrected chi connectivity index (χ1v) is 8.56. The largest absolute Gasteiger partial charge is 0.493 e. The molecule has 1 amide bonds. The van der Waals surface area contributed by atoms with Gasteiger partial charge in [-0.2, -0.15) is 4.80 Å². The lowest BCUT2D eigenvalue weighted by atomic mass is 10.2. The predicted molar refractivity (Wildman–Crippen MR) is 98.6 cm³/mol. The molecule has 0 saturated heterocycles. The molecule has 7 nitrogen and oxygen atoms in total. The fourth-order valence-electron chi connectivity index (χ4n) is 2.27. The number of rotatable bonds is 7. The monoisotopic (exact) mass is 369 g/mol. The summed E-state index contributed by atoms with van der Waals surface area (Å²) < 4.78 is 19.2. The van der Waals surface area contributed by atoms with Gasteiger partial charge in [0.25, 0.3) is 0 Å². The summed E-state index contributed by atoms with van der Waals surface area (Å²) in [4.78, 5) is 13.2. The summed E-state index contributed by atoms with van der Waals surface area (Å²) in [5, 5.41) is 14.5. The van der Waals surface area contributed by atoms with Crippen molar-refractivity contribution >= 4 is 11.6 Å². The summed E-state index contributed by atoms with van der Waals surface area (Å²) >= 11 is 0. The average Bonchev–Trinajstić information content (AvgIpc) is 3.10. The molecule has 1 aromatic heterocycles. The molecule has 0 aliphatic carbocycles. The van der Waals surface area contributed by atoms with Crippen LogP contribution in [0.25, 0.3) is 11.4 Å². The Balaban J connectivity index is 1.61. The Kier molecular flexibility index (Phi) is 5.75. The van der Waals surface area contributed by atoms with E-state index < -0.39 is 11.7 Å². The van der Waals surface area contributed by atoms with E-state index in [0.717, 1.165) is 16.1 Å². The van der Waals surface area contributed by atoms with Crippen LogP contribution >= 0.6 is 0 Å². The molecular weight excluding hydrogens is 349 g/mol. The van der Waals surface area contributed by atoms with E-state index >= 15 is 0 Å². The number of hydrogen-bond donors (Lipinski definition) is 1. The van der Waals surface area contributed by atoms with Gasteiger partial charge >= 0.3 is 0 Å². The molecule has 2 aromatic carbocycles. The average molecular weight is 369 g/mol. The van der Waals surface area contributed by atoms with E-state index in [1.807, 2.05) is 24.3 Å². The minimum atomic E-state index is -0.502. The fourth-order valence-corrected chi connectivity index (χ4v) is 2.27.